The molecule has 1 fully saturated rings. The van der Waals surface area contributed by atoms with Crippen LogP contribution < -0.4 is 15.4 Å². The highest BCUT2D eigenvalue weighted by molar-refractivity contribution is 5.95. The number of carbonyl (C=O) groups is 1. The molecule has 0 aliphatic carbocycles. The van der Waals surface area contributed by atoms with Crippen molar-refractivity contribution in [3.8, 4) is 5.75 Å². The number of benzene rings is 1. The first-order chi connectivity index (χ1) is 9.15. The zero-order valence-corrected chi connectivity index (χ0v) is 11.6. The van der Waals surface area contributed by atoms with Gasteiger partial charge in [0, 0.05) is 11.8 Å². The Balaban J connectivity index is 1.92. The molecule has 1 heterocycles. The zero-order valence-electron chi connectivity index (χ0n) is 11.6. The fourth-order valence-corrected chi connectivity index (χ4v) is 2.06. The standard InChI is InChI=1S/C15H22N2O2/c1-11(2)10-19-13-6-3-5-12(9-13)17-15(18)14-7-4-8-16-14/h3,5-6,9,11,14,16H,4,7-8,10H2,1-2H3,(H,17,18). The summed E-state index contributed by atoms with van der Waals surface area (Å²) in [5.74, 6) is 1.32. The van der Waals surface area contributed by atoms with E-state index in [1.54, 1.807) is 0 Å². The van der Waals surface area contributed by atoms with E-state index in [4.69, 9.17) is 4.74 Å². The highest BCUT2D eigenvalue weighted by atomic mass is 16.5. The van der Waals surface area contributed by atoms with Gasteiger partial charge < -0.3 is 15.4 Å². The molecular formula is C15H22N2O2. The van der Waals surface area contributed by atoms with Gasteiger partial charge in [-0.15, -0.1) is 0 Å². The molecule has 0 bridgehead atoms. The molecule has 1 atom stereocenters. The van der Waals surface area contributed by atoms with Crippen LogP contribution in [0, 0.1) is 5.92 Å². The second kappa shape index (κ2) is 6.57. The summed E-state index contributed by atoms with van der Waals surface area (Å²) >= 11 is 0. The van der Waals surface area contributed by atoms with Crippen LogP contribution in [0.5, 0.6) is 5.75 Å². The van der Waals surface area contributed by atoms with Crippen LogP contribution in [0.2, 0.25) is 0 Å². The lowest BCUT2D eigenvalue weighted by molar-refractivity contribution is -0.117. The number of hydrogen-bond acceptors (Lipinski definition) is 3. The Hall–Kier alpha value is -1.55. The van der Waals surface area contributed by atoms with Gasteiger partial charge in [-0.3, -0.25) is 4.79 Å². The van der Waals surface area contributed by atoms with E-state index in [9.17, 15) is 4.79 Å². The van der Waals surface area contributed by atoms with Crippen molar-refractivity contribution in [2.75, 3.05) is 18.5 Å². The summed E-state index contributed by atoms with van der Waals surface area (Å²) in [5, 5.41) is 6.12. The van der Waals surface area contributed by atoms with Crippen molar-refractivity contribution in [3.05, 3.63) is 24.3 Å². The maximum absolute atomic E-state index is 12.0. The largest absolute Gasteiger partial charge is 0.493 e. The molecule has 0 radical (unpaired) electrons. The molecule has 1 aliphatic heterocycles. The number of anilines is 1. The number of amides is 1. The minimum absolute atomic E-state index is 0.0403. The Labute approximate surface area is 114 Å². The third kappa shape index (κ3) is 4.24. The fraction of sp³-hybridized carbons (Fsp3) is 0.533. The third-order valence-corrected chi connectivity index (χ3v) is 3.06. The molecule has 104 valence electrons. The van der Waals surface area contributed by atoms with E-state index in [0.29, 0.717) is 12.5 Å². The fourth-order valence-electron chi connectivity index (χ4n) is 2.06. The Bertz CT molecular complexity index is 426. The molecule has 4 heteroatoms. The van der Waals surface area contributed by atoms with E-state index < -0.39 is 0 Å². The number of hydrogen-bond donors (Lipinski definition) is 2. The van der Waals surface area contributed by atoms with Gasteiger partial charge in [0.25, 0.3) is 0 Å². The highest BCUT2D eigenvalue weighted by Crippen LogP contribution is 2.19. The predicted molar refractivity (Wildman–Crippen MR) is 76.4 cm³/mol. The van der Waals surface area contributed by atoms with Gasteiger partial charge in [0.2, 0.25) is 5.91 Å². The number of ether oxygens (including phenoxy) is 1. The molecule has 19 heavy (non-hydrogen) atoms. The van der Waals surface area contributed by atoms with E-state index in [1.165, 1.54) is 0 Å². The van der Waals surface area contributed by atoms with Crippen molar-refractivity contribution in [1.29, 1.82) is 0 Å². The van der Waals surface area contributed by atoms with Gasteiger partial charge in [-0.05, 0) is 37.4 Å². The molecule has 1 aromatic rings. The van der Waals surface area contributed by atoms with Crippen molar-refractivity contribution >= 4 is 11.6 Å². The minimum Gasteiger partial charge on any atom is -0.493 e. The first-order valence-corrected chi connectivity index (χ1v) is 6.92. The normalized spacial score (nSPS) is 18.6. The summed E-state index contributed by atoms with van der Waals surface area (Å²) in [6, 6.07) is 7.50. The Morgan fingerprint density at radius 3 is 3.05 bits per heavy atom. The highest BCUT2D eigenvalue weighted by Gasteiger charge is 2.21. The predicted octanol–water partition coefficient (Wildman–Crippen LogP) is 2.41. The molecule has 1 amide bonds. The lowest BCUT2D eigenvalue weighted by Gasteiger charge is -2.13. The molecule has 2 rings (SSSR count). The lowest BCUT2D eigenvalue weighted by Crippen LogP contribution is -2.35. The first-order valence-electron chi connectivity index (χ1n) is 6.92. The number of carbonyl (C=O) groups excluding carboxylic acids is 1. The maximum Gasteiger partial charge on any atom is 0.241 e. The van der Waals surface area contributed by atoms with Crippen molar-refractivity contribution in [2.45, 2.75) is 32.7 Å². The van der Waals surface area contributed by atoms with Crippen LogP contribution >= 0.6 is 0 Å². The van der Waals surface area contributed by atoms with Gasteiger partial charge in [0.05, 0.1) is 12.6 Å². The second-order valence-electron chi connectivity index (χ2n) is 5.37. The molecule has 4 nitrogen and oxygen atoms in total. The molecule has 0 spiro atoms. The molecule has 0 saturated carbocycles. The van der Waals surface area contributed by atoms with Gasteiger partial charge in [-0.25, -0.2) is 0 Å². The SMILES string of the molecule is CC(C)COc1cccc(NC(=O)C2CCCN2)c1. The van der Waals surface area contributed by atoms with E-state index in [-0.39, 0.29) is 11.9 Å². The lowest BCUT2D eigenvalue weighted by atomic mass is 10.2. The van der Waals surface area contributed by atoms with Crippen LogP contribution in [0.15, 0.2) is 24.3 Å². The first kappa shape index (κ1) is 13.9. The van der Waals surface area contributed by atoms with Crippen molar-refractivity contribution in [3.63, 3.8) is 0 Å². The van der Waals surface area contributed by atoms with Gasteiger partial charge in [0.1, 0.15) is 5.75 Å². The average Bonchev–Trinajstić information content (AvgIpc) is 2.91. The average molecular weight is 262 g/mol. The van der Waals surface area contributed by atoms with Crippen LogP contribution in [-0.2, 0) is 4.79 Å². The van der Waals surface area contributed by atoms with Gasteiger partial charge in [-0.1, -0.05) is 19.9 Å². The Morgan fingerprint density at radius 1 is 1.53 bits per heavy atom. The summed E-state index contributed by atoms with van der Waals surface area (Å²) in [5.41, 5.74) is 0.792. The molecular weight excluding hydrogens is 240 g/mol. The van der Waals surface area contributed by atoms with Gasteiger partial charge in [0.15, 0.2) is 0 Å². The monoisotopic (exact) mass is 262 g/mol. The molecule has 1 saturated heterocycles. The van der Waals surface area contributed by atoms with Crippen molar-refractivity contribution in [2.24, 2.45) is 5.92 Å². The van der Waals surface area contributed by atoms with E-state index in [0.717, 1.165) is 30.8 Å². The van der Waals surface area contributed by atoms with Crippen LogP contribution in [0.1, 0.15) is 26.7 Å². The van der Waals surface area contributed by atoms with Crippen LogP contribution in [0.4, 0.5) is 5.69 Å². The quantitative estimate of drug-likeness (QED) is 0.856. The van der Waals surface area contributed by atoms with E-state index in [1.807, 2.05) is 24.3 Å². The number of nitrogens with one attached hydrogen (secondary N) is 2. The minimum atomic E-state index is -0.0553. The number of rotatable bonds is 5. The molecule has 1 aliphatic rings. The molecule has 1 aromatic carbocycles. The van der Waals surface area contributed by atoms with E-state index in [2.05, 4.69) is 24.5 Å². The van der Waals surface area contributed by atoms with Crippen LogP contribution in [0.25, 0.3) is 0 Å². The smallest absolute Gasteiger partial charge is 0.241 e. The summed E-state index contributed by atoms with van der Waals surface area (Å²) in [4.78, 5) is 12.0. The van der Waals surface area contributed by atoms with Gasteiger partial charge in [-0.2, -0.15) is 0 Å². The molecule has 0 aromatic heterocycles. The van der Waals surface area contributed by atoms with Gasteiger partial charge >= 0.3 is 0 Å². The van der Waals surface area contributed by atoms with E-state index >= 15 is 0 Å². The topological polar surface area (TPSA) is 50.4 Å². The summed E-state index contributed by atoms with van der Waals surface area (Å²) in [6.45, 7) is 5.83. The van der Waals surface area contributed by atoms with Crippen LogP contribution in [0.3, 0.4) is 0 Å². The van der Waals surface area contributed by atoms with Crippen LogP contribution in [-0.4, -0.2) is 25.1 Å². The van der Waals surface area contributed by atoms with Crippen molar-refractivity contribution < 1.29 is 9.53 Å². The second-order valence-corrected chi connectivity index (χ2v) is 5.37. The molecule has 1 unspecified atom stereocenters. The zero-order chi connectivity index (χ0) is 13.7. The van der Waals surface area contributed by atoms with Crippen molar-refractivity contribution in [1.82, 2.24) is 5.32 Å². The summed E-state index contributed by atoms with van der Waals surface area (Å²) < 4.78 is 5.65. The third-order valence-electron chi connectivity index (χ3n) is 3.06. The summed E-state index contributed by atoms with van der Waals surface area (Å²) in [6.07, 6.45) is 1.98. The summed E-state index contributed by atoms with van der Waals surface area (Å²) in [7, 11) is 0. The Morgan fingerprint density at radius 2 is 2.37 bits per heavy atom. The Kier molecular flexibility index (Phi) is 4.80. The molecule has 2 N–H and O–H groups in total. The maximum atomic E-state index is 12.0.